The lowest BCUT2D eigenvalue weighted by Crippen LogP contribution is -2.32. The Labute approximate surface area is 137 Å². The third-order valence-electron chi connectivity index (χ3n) is 5.24. The molecule has 24 heavy (non-hydrogen) atoms. The first-order valence-electron chi connectivity index (χ1n) is 7.92. The summed E-state index contributed by atoms with van der Waals surface area (Å²) in [5, 5.41) is 0. The molecule has 1 saturated carbocycles. The highest BCUT2D eigenvalue weighted by Crippen LogP contribution is 2.59. The van der Waals surface area contributed by atoms with Gasteiger partial charge in [-0.25, -0.2) is 0 Å². The van der Waals surface area contributed by atoms with Gasteiger partial charge < -0.3 is 4.90 Å². The number of hydrogen-bond acceptors (Lipinski definition) is 1. The molecule has 1 heterocycles. The van der Waals surface area contributed by atoms with Gasteiger partial charge in [0.2, 0.25) is 0 Å². The number of hydrogen-bond donors (Lipinski definition) is 0. The third kappa shape index (κ3) is 2.39. The third-order valence-corrected chi connectivity index (χ3v) is 5.24. The van der Waals surface area contributed by atoms with Crippen molar-refractivity contribution in [3.05, 3.63) is 71.3 Å². The van der Waals surface area contributed by atoms with Crippen molar-refractivity contribution in [2.24, 2.45) is 5.92 Å². The van der Waals surface area contributed by atoms with Crippen LogP contribution in [0.3, 0.4) is 0 Å². The van der Waals surface area contributed by atoms with Gasteiger partial charge in [-0.3, -0.25) is 4.79 Å². The molecule has 0 radical (unpaired) electrons. The number of alkyl halides is 3. The average Bonchev–Trinajstić information content (AvgIpc) is 3.16. The molecule has 0 spiro atoms. The van der Waals surface area contributed by atoms with Crippen molar-refractivity contribution >= 4 is 5.91 Å². The van der Waals surface area contributed by atoms with Crippen LogP contribution in [0.1, 0.15) is 27.9 Å². The molecule has 0 bridgehead atoms. The second kappa shape index (κ2) is 5.10. The molecule has 2 nitrogen and oxygen atoms in total. The number of rotatable bonds is 2. The van der Waals surface area contributed by atoms with Crippen LogP contribution in [0.4, 0.5) is 13.2 Å². The summed E-state index contributed by atoms with van der Waals surface area (Å²) in [7, 11) is 0. The van der Waals surface area contributed by atoms with Crippen molar-refractivity contribution in [2.75, 3.05) is 13.1 Å². The molecule has 2 aromatic rings. The molecule has 0 aromatic heterocycles. The Balaban J connectivity index is 1.53. The average molecular weight is 331 g/mol. The van der Waals surface area contributed by atoms with Gasteiger partial charge in [0, 0.05) is 24.1 Å². The highest BCUT2D eigenvalue weighted by atomic mass is 19.4. The minimum atomic E-state index is -4.32. The van der Waals surface area contributed by atoms with E-state index in [0.29, 0.717) is 24.6 Å². The van der Waals surface area contributed by atoms with Crippen LogP contribution in [0.25, 0.3) is 0 Å². The van der Waals surface area contributed by atoms with Crippen LogP contribution in [0.15, 0.2) is 54.6 Å². The molecule has 0 N–H and O–H groups in total. The minimum absolute atomic E-state index is 0.00548. The minimum Gasteiger partial charge on any atom is -0.337 e. The molecule has 124 valence electrons. The molecule has 2 atom stereocenters. The standard InChI is InChI=1S/C19H16F3NO/c20-19(21,22)15-8-6-14(7-9-15)18-10-16(18)11-23(12-18)17(24)13-4-2-1-3-5-13/h1-9,16H,10-12H2. The Morgan fingerprint density at radius 1 is 1.04 bits per heavy atom. The smallest absolute Gasteiger partial charge is 0.337 e. The van der Waals surface area contributed by atoms with Gasteiger partial charge in [-0.05, 0) is 42.2 Å². The van der Waals surface area contributed by atoms with Crippen LogP contribution in [-0.4, -0.2) is 23.9 Å². The highest BCUT2D eigenvalue weighted by molar-refractivity contribution is 5.94. The lowest BCUT2D eigenvalue weighted by Gasteiger charge is -2.21. The van der Waals surface area contributed by atoms with E-state index in [4.69, 9.17) is 0 Å². The van der Waals surface area contributed by atoms with E-state index in [-0.39, 0.29) is 11.3 Å². The van der Waals surface area contributed by atoms with E-state index in [1.54, 1.807) is 24.3 Å². The van der Waals surface area contributed by atoms with Crippen LogP contribution in [0.5, 0.6) is 0 Å². The summed E-state index contributed by atoms with van der Waals surface area (Å²) in [6.45, 7) is 1.26. The summed E-state index contributed by atoms with van der Waals surface area (Å²) >= 11 is 0. The zero-order chi connectivity index (χ0) is 16.9. The fourth-order valence-electron chi connectivity index (χ4n) is 3.84. The molecule has 1 aliphatic heterocycles. The fourth-order valence-corrected chi connectivity index (χ4v) is 3.84. The molecule has 5 heteroatoms. The van der Waals surface area contributed by atoms with E-state index in [2.05, 4.69) is 0 Å². The van der Waals surface area contributed by atoms with Crippen LogP contribution in [0, 0.1) is 5.92 Å². The van der Waals surface area contributed by atoms with Crippen LogP contribution < -0.4 is 0 Å². The number of halogens is 3. The molecule has 1 aliphatic carbocycles. The van der Waals surface area contributed by atoms with Crippen molar-refractivity contribution in [2.45, 2.75) is 18.0 Å². The molecule has 2 fully saturated rings. The number of benzene rings is 2. The summed E-state index contributed by atoms with van der Waals surface area (Å²) < 4.78 is 38.1. The van der Waals surface area contributed by atoms with Crippen molar-refractivity contribution in [1.29, 1.82) is 0 Å². The van der Waals surface area contributed by atoms with Crippen LogP contribution in [-0.2, 0) is 11.6 Å². The maximum Gasteiger partial charge on any atom is 0.416 e. The SMILES string of the molecule is O=C(c1ccccc1)N1CC2CC2(c2ccc(C(F)(F)F)cc2)C1. The molecule has 2 aliphatic rings. The van der Waals surface area contributed by atoms with Crippen molar-refractivity contribution in [1.82, 2.24) is 4.90 Å². The largest absolute Gasteiger partial charge is 0.416 e. The predicted molar refractivity (Wildman–Crippen MR) is 83.6 cm³/mol. The zero-order valence-corrected chi connectivity index (χ0v) is 12.9. The second-order valence-electron chi connectivity index (χ2n) is 6.68. The first-order chi connectivity index (χ1) is 11.4. The van der Waals surface area contributed by atoms with Crippen molar-refractivity contribution in [3.8, 4) is 0 Å². The van der Waals surface area contributed by atoms with Crippen molar-refractivity contribution < 1.29 is 18.0 Å². The number of piperidine rings is 1. The van der Waals surface area contributed by atoms with Gasteiger partial charge in [-0.1, -0.05) is 30.3 Å². The molecule has 2 unspecified atom stereocenters. The first-order valence-corrected chi connectivity index (χ1v) is 7.92. The number of carbonyl (C=O) groups is 1. The van der Waals surface area contributed by atoms with E-state index in [0.717, 1.165) is 24.1 Å². The Hall–Kier alpha value is -2.30. The van der Waals surface area contributed by atoms with Gasteiger partial charge in [-0.2, -0.15) is 13.2 Å². The lowest BCUT2D eigenvalue weighted by atomic mass is 9.94. The summed E-state index contributed by atoms with van der Waals surface area (Å²) in [5.74, 6) is 0.344. The number of amides is 1. The predicted octanol–water partition coefficient (Wildman–Crippen LogP) is 4.12. The molecule has 1 amide bonds. The maximum absolute atomic E-state index is 12.7. The highest BCUT2D eigenvalue weighted by Gasteiger charge is 2.61. The van der Waals surface area contributed by atoms with Crippen molar-refractivity contribution in [3.63, 3.8) is 0 Å². The Morgan fingerprint density at radius 2 is 1.71 bits per heavy atom. The van der Waals surface area contributed by atoms with E-state index in [1.165, 1.54) is 0 Å². The number of carbonyl (C=O) groups excluding carboxylic acids is 1. The van der Waals surface area contributed by atoms with Gasteiger partial charge in [0.05, 0.1) is 5.56 Å². The van der Waals surface area contributed by atoms with Gasteiger partial charge in [0.1, 0.15) is 0 Å². The first kappa shape index (κ1) is 15.2. The number of likely N-dealkylation sites (tertiary alicyclic amines) is 1. The van der Waals surface area contributed by atoms with E-state index < -0.39 is 11.7 Å². The molecular formula is C19H16F3NO. The summed E-state index contributed by atoms with van der Waals surface area (Å²) in [6.07, 6.45) is -3.37. The van der Waals surface area contributed by atoms with Gasteiger partial charge in [0.15, 0.2) is 0 Å². The number of nitrogens with zero attached hydrogens (tertiary/aromatic N) is 1. The van der Waals surface area contributed by atoms with E-state index in [1.807, 2.05) is 23.1 Å². The Bertz CT molecular complexity index is 769. The normalized spacial score (nSPS) is 25.5. The molecular weight excluding hydrogens is 315 g/mol. The zero-order valence-electron chi connectivity index (χ0n) is 12.9. The van der Waals surface area contributed by atoms with Crippen LogP contribution in [0.2, 0.25) is 0 Å². The maximum atomic E-state index is 12.7. The monoisotopic (exact) mass is 331 g/mol. The van der Waals surface area contributed by atoms with Crippen LogP contribution >= 0.6 is 0 Å². The quantitative estimate of drug-likeness (QED) is 0.811. The van der Waals surface area contributed by atoms with Gasteiger partial charge in [-0.15, -0.1) is 0 Å². The summed E-state index contributed by atoms with van der Waals surface area (Å²) in [4.78, 5) is 14.4. The Kier molecular flexibility index (Phi) is 3.24. The topological polar surface area (TPSA) is 20.3 Å². The Morgan fingerprint density at radius 3 is 2.33 bits per heavy atom. The van der Waals surface area contributed by atoms with E-state index in [9.17, 15) is 18.0 Å². The molecule has 2 aromatic carbocycles. The van der Waals surface area contributed by atoms with E-state index >= 15 is 0 Å². The lowest BCUT2D eigenvalue weighted by molar-refractivity contribution is -0.137. The second-order valence-corrected chi connectivity index (χ2v) is 6.68. The molecule has 4 rings (SSSR count). The van der Waals surface area contributed by atoms with Gasteiger partial charge >= 0.3 is 6.18 Å². The summed E-state index contributed by atoms with van der Waals surface area (Å²) in [6, 6.07) is 14.5. The molecule has 1 saturated heterocycles. The van der Waals surface area contributed by atoms with Gasteiger partial charge in [0.25, 0.3) is 5.91 Å². The summed E-state index contributed by atoms with van der Waals surface area (Å²) in [5.41, 5.74) is 0.773. The number of fused-ring (bicyclic) bond motifs is 1. The fraction of sp³-hybridized carbons (Fsp3) is 0.316.